The molecule has 3 aromatic rings. The number of allylic oxidation sites excluding steroid dienone is 2. The Morgan fingerprint density at radius 1 is 0.913 bits per heavy atom. The second-order valence-electron chi connectivity index (χ2n) is 18.6. The Kier molecular flexibility index (Phi) is 19.0. The SMILES string of the molecule is C=Cc1c(C)c2cc3nc(c(CC(=O)OC)c4[n-]c(cc5nc(cc1[n-]2)C(C)=C5CC)c(C)c4C(=O)NCCCCCCCC(=O)CCCC[C@@H]1SCC2NC(=O)NC21)[C@@H](CCCOC=O)[C@@H]3C.[Zn+2]. The molecule has 7 heterocycles. The summed E-state index contributed by atoms with van der Waals surface area (Å²) >= 11 is 1.91. The maximum absolute atomic E-state index is 14.6. The van der Waals surface area contributed by atoms with E-state index in [-0.39, 0.29) is 68.4 Å². The van der Waals surface area contributed by atoms with Gasteiger partial charge in [0.25, 0.3) is 6.47 Å². The molecule has 8 bridgehead atoms. The average Bonchev–Trinajstić information content (AvgIpc) is 4.15. The number of esters is 1. The van der Waals surface area contributed by atoms with E-state index in [0.717, 1.165) is 114 Å². The standard InChI is InChI=1S/C53H69N7O7S.Zn/c1-8-35-30(3)39-25-41-32(5)37(20-17-23-67-29-61)49(57-41)38(24-47(63)66-7)50-48(33(6)42(58-50)27-44-36(9-2)31(4)40(56-44)26-43(35)55-39)52(64)54-22-16-12-10-11-13-18-34(62)19-14-15-21-46-51-45(28-68-46)59-53(65)60-51;/h8,25-27,29,32,37,45-46,51H,1,9-24,28H2,2-7H3,(H5,54,55,56,57,58,59,60,64,65);/q;+2/p-2/t32-,37-,45?,46-,51?;/m0./s1. The molecule has 364 valence electrons. The van der Waals surface area contributed by atoms with Crippen LogP contribution in [0.3, 0.4) is 0 Å². The second kappa shape index (κ2) is 24.7. The molecule has 14 nitrogen and oxygen atoms in total. The number of fused-ring (bicyclic) bond motifs is 9. The molecule has 5 atom stereocenters. The fraction of sp³-hybridized carbons (Fsp3) is 0.528. The molecule has 3 amide bonds. The van der Waals surface area contributed by atoms with Crippen LogP contribution in [-0.2, 0) is 49.8 Å². The number of urea groups is 1. The van der Waals surface area contributed by atoms with Crippen LogP contribution in [0.2, 0.25) is 0 Å². The van der Waals surface area contributed by atoms with E-state index in [2.05, 4.69) is 43.3 Å². The minimum absolute atomic E-state index is 0. The number of methoxy groups -OCH3 is 1. The van der Waals surface area contributed by atoms with Crippen molar-refractivity contribution in [2.75, 3.05) is 26.0 Å². The number of ether oxygens (including phenoxy) is 2. The number of hydrogen-bond donors (Lipinski definition) is 3. The number of aromatic nitrogens is 4. The van der Waals surface area contributed by atoms with E-state index >= 15 is 0 Å². The zero-order valence-electron chi connectivity index (χ0n) is 41.3. The molecule has 0 aromatic carbocycles. The van der Waals surface area contributed by atoms with Gasteiger partial charge in [-0.15, -0.1) is 22.1 Å². The Morgan fingerprint density at radius 3 is 2.38 bits per heavy atom. The normalized spacial score (nSPS) is 19.3. The van der Waals surface area contributed by atoms with Crippen molar-refractivity contribution in [3.05, 3.63) is 75.4 Å². The summed E-state index contributed by atoms with van der Waals surface area (Å²) in [6.45, 7) is 15.4. The third-order valence-electron chi connectivity index (χ3n) is 14.2. The Balaban J connectivity index is 0.00000782. The topological polar surface area (TPSA) is 194 Å². The first-order valence-electron chi connectivity index (χ1n) is 24.5. The Labute approximate surface area is 423 Å². The van der Waals surface area contributed by atoms with Crippen molar-refractivity contribution in [2.24, 2.45) is 0 Å². The van der Waals surface area contributed by atoms with Crippen molar-refractivity contribution < 1.29 is 52.9 Å². The van der Waals surface area contributed by atoms with E-state index in [1.165, 1.54) is 7.11 Å². The number of nitrogens with one attached hydrogen (secondary N) is 3. The van der Waals surface area contributed by atoms with Gasteiger partial charge < -0.3 is 35.4 Å². The van der Waals surface area contributed by atoms with Gasteiger partial charge in [0.05, 0.1) is 43.6 Å². The summed E-state index contributed by atoms with van der Waals surface area (Å²) in [6.07, 6.45) is 12.0. The van der Waals surface area contributed by atoms with Gasteiger partial charge in [0.2, 0.25) is 5.91 Å². The van der Waals surface area contributed by atoms with Crippen LogP contribution in [0.25, 0.3) is 39.3 Å². The van der Waals surface area contributed by atoms with E-state index < -0.39 is 5.97 Å². The zero-order valence-corrected chi connectivity index (χ0v) is 45.0. The van der Waals surface area contributed by atoms with Gasteiger partial charge in [-0.25, -0.2) is 9.78 Å². The Bertz CT molecular complexity index is 2620. The third kappa shape index (κ3) is 12.3. The van der Waals surface area contributed by atoms with Crippen LogP contribution in [0, 0.1) is 13.8 Å². The number of thioether (sulfide) groups is 1. The smallest absolute Gasteiger partial charge is 0.657 e. The Hall–Kier alpha value is -5.08. The third-order valence-corrected chi connectivity index (χ3v) is 15.8. The minimum atomic E-state index is -0.490. The first-order chi connectivity index (χ1) is 32.9. The van der Waals surface area contributed by atoms with E-state index in [1.807, 2.05) is 49.9 Å². The Morgan fingerprint density at radius 2 is 1.64 bits per heavy atom. The summed E-state index contributed by atoms with van der Waals surface area (Å²) in [7, 11) is 1.35. The summed E-state index contributed by atoms with van der Waals surface area (Å²) in [5, 5.41) is 9.61. The predicted octanol–water partition coefficient (Wildman–Crippen LogP) is 9.09. The van der Waals surface area contributed by atoms with Crippen LogP contribution in [0.1, 0.15) is 171 Å². The summed E-state index contributed by atoms with van der Waals surface area (Å²) in [6, 6.07) is 6.31. The van der Waals surface area contributed by atoms with Crippen LogP contribution < -0.4 is 25.9 Å². The quantitative estimate of drug-likeness (QED) is 0.0269. The van der Waals surface area contributed by atoms with Gasteiger partial charge in [-0.3, -0.25) is 24.2 Å². The summed E-state index contributed by atoms with van der Waals surface area (Å²) in [5.74, 6) is 0.148. The number of carbonyl (C=O) groups is 5. The van der Waals surface area contributed by atoms with Crippen LogP contribution in [0.4, 0.5) is 4.79 Å². The van der Waals surface area contributed by atoms with Crippen molar-refractivity contribution in [2.45, 2.75) is 154 Å². The predicted molar refractivity (Wildman–Crippen MR) is 268 cm³/mol. The number of aryl methyl sites for hydroxylation is 2. The molecular weight excluding hydrogens is 944 g/mol. The van der Waals surface area contributed by atoms with Gasteiger partial charge in [0.1, 0.15) is 5.78 Å². The minimum Gasteiger partial charge on any atom is -0.657 e. The molecule has 4 aliphatic rings. The molecule has 2 unspecified atom stereocenters. The summed E-state index contributed by atoms with van der Waals surface area (Å²) in [5.41, 5.74) is 11.0. The molecule has 7 rings (SSSR count). The van der Waals surface area contributed by atoms with Gasteiger partial charge in [-0.05, 0) is 88.0 Å². The number of Topliss-reactive ketones (excluding diaryl/α,β-unsaturated/α-hetero) is 1. The van der Waals surface area contributed by atoms with Crippen molar-refractivity contribution in [3.63, 3.8) is 0 Å². The molecule has 0 radical (unpaired) electrons. The monoisotopic (exact) mass is 1010 g/mol. The number of ketones is 1. The maximum atomic E-state index is 14.6. The van der Waals surface area contributed by atoms with Gasteiger partial charge in [-0.1, -0.05) is 81.5 Å². The van der Waals surface area contributed by atoms with Crippen LogP contribution in [-0.4, -0.2) is 83.5 Å². The van der Waals surface area contributed by atoms with Gasteiger partial charge in [0, 0.05) is 59.2 Å². The van der Waals surface area contributed by atoms with Crippen LogP contribution in [0.5, 0.6) is 0 Å². The van der Waals surface area contributed by atoms with Crippen molar-refractivity contribution in [1.82, 2.24) is 35.9 Å². The van der Waals surface area contributed by atoms with Crippen molar-refractivity contribution in [3.8, 4) is 0 Å². The molecule has 0 saturated carbocycles. The average molecular weight is 1010 g/mol. The number of rotatable bonds is 23. The number of nitrogens with zero attached hydrogens (tertiary/aromatic N) is 4. The molecule has 0 spiro atoms. The molecule has 69 heavy (non-hydrogen) atoms. The molecule has 3 aromatic heterocycles. The number of carbonyl (C=O) groups excluding carboxylic acids is 5. The van der Waals surface area contributed by atoms with E-state index in [0.29, 0.717) is 83.2 Å². The fourth-order valence-corrected chi connectivity index (χ4v) is 11.9. The van der Waals surface area contributed by atoms with E-state index in [1.54, 1.807) is 0 Å². The fourth-order valence-electron chi connectivity index (χ4n) is 10.3. The maximum Gasteiger partial charge on any atom is 2.00 e. The first kappa shape index (κ1) is 53.3. The van der Waals surface area contributed by atoms with Crippen LogP contribution >= 0.6 is 11.8 Å². The number of amides is 3. The van der Waals surface area contributed by atoms with Crippen molar-refractivity contribution >= 4 is 81.2 Å². The second-order valence-corrected chi connectivity index (χ2v) is 19.9. The molecule has 16 heteroatoms. The molecule has 3 N–H and O–H groups in total. The molecule has 2 fully saturated rings. The van der Waals surface area contributed by atoms with Crippen LogP contribution in [0.15, 0.2) is 24.8 Å². The summed E-state index contributed by atoms with van der Waals surface area (Å²) in [4.78, 5) is 84.1. The van der Waals surface area contributed by atoms with E-state index in [9.17, 15) is 24.0 Å². The molecule has 2 saturated heterocycles. The first-order valence-corrected chi connectivity index (χ1v) is 25.5. The van der Waals surface area contributed by atoms with Gasteiger partial charge >= 0.3 is 31.5 Å². The van der Waals surface area contributed by atoms with E-state index in [4.69, 9.17) is 29.4 Å². The van der Waals surface area contributed by atoms with Gasteiger partial charge in [-0.2, -0.15) is 11.8 Å². The van der Waals surface area contributed by atoms with Gasteiger partial charge in [0.15, 0.2) is 0 Å². The van der Waals surface area contributed by atoms with Crippen molar-refractivity contribution in [1.29, 1.82) is 0 Å². The number of unbranched alkanes of at least 4 members (excludes halogenated alkanes) is 5. The molecular formula is C53H67N7O7SZn. The molecule has 0 aliphatic carbocycles. The zero-order chi connectivity index (χ0) is 48.5. The number of hydrogen-bond acceptors (Lipinski definition) is 10. The molecule has 4 aliphatic heterocycles. The summed E-state index contributed by atoms with van der Waals surface area (Å²) < 4.78 is 10.4. The largest absolute Gasteiger partial charge is 2.00 e.